The molecule has 3 heterocycles. The molecule has 0 bridgehead atoms. The monoisotopic (exact) mass is 551 g/mol. The third-order valence-electron chi connectivity index (χ3n) is 7.27. The minimum Gasteiger partial charge on any atom is -0.464 e. The van der Waals surface area contributed by atoms with Crippen LogP contribution in [0.1, 0.15) is 48.9 Å². The van der Waals surface area contributed by atoms with E-state index in [1.807, 2.05) is 69.3 Å². The molecule has 41 heavy (non-hydrogen) atoms. The Kier molecular flexibility index (Phi) is 7.36. The van der Waals surface area contributed by atoms with E-state index < -0.39 is 12.0 Å². The van der Waals surface area contributed by atoms with Crippen molar-refractivity contribution in [3.63, 3.8) is 0 Å². The summed E-state index contributed by atoms with van der Waals surface area (Å²) in [7, 11) is 3.09. The van der Waals surface area contributed by atoms with Crippen molar-refractivity contribution in [3.05, 3.63) is 90.0 Å². The highest BCUT2D eigenvalue weighted by atomic mass is 16.5. The Labute approximate surface area is 238 Å². The van der Waals surface area contributed by atoms with E-state index in [-0.39, 0.29) is 17.0 Å². The molecule has 0 aliphatic carbocycles. The van der Waals surface area contributed by atoms with Crippen LogP contribution in [0.3, 0.4) is 0 Å². The summed E-state index contributed by atoms with van der Waals surface area (Å²) in [4.78, 5) is 45.0. The fraction of sp³-hybridized carbons (Fsp3) is 0.250. The van der Waals surface area contributed by atoms with Crippen molar-refractivity contribution in [3.8, 4) is 0 Å². The normalized spacial score (nSPS) is 13.6. The Morgan fingerprint density at radius 2 is 1.68 bits per heavy atom. The van der Waals surface area contributed by atoms with Gasteiger partial charge in [-0.25, -0.2) is 9.59 Å². The van der Waals surface area contributed by atoms with Crippen LogP contribution < -0.4 is 15.5 Å². The number of benzene rings is 2. The molecule has 9 heteroatoms. The summed E-state index contributed by atoms with van der Waals surface area (Å²) < 4.78 is 6.75. The van der Waals surface area contributed by atoms with Gasteiger partial charge in [0.25, 0.3) is 5.91 Å². The highest BCUT2D eigenvalue weighted by Crippen LogP contribution is 2.37. The fourth-order valence-corrected chi connectivity index (χ4v) is 5.38. The van der Waals surface area contributed by atoms with Crippen LogP contribution in [-0.2, 0) is 22.0 Å². The molecule has 2 aromatic carbocycles. The molecule has 0 saturated carbocycles. The first-order chi connectivity index (χ1) is 19.6. The van der Waals surface area contributed by atoms with E-state index in [1.54, 1.807) is 41.1 Å². The summed E-state index contributed by atoms with van der Waals surface area (Å²) in [6, 6.07) is 16.5. The van der Waals surface area contributed by atoms with Gasteiger partial charge in [0, 0.05) is 54.4 Å². The first-order valence-electron chi connectivity index (χ1n) is 13.4. The number of pyridine rings is 1. The number of hydrogen-bond donors (Lipinski definition) is 2. The van der Waals surface area contributed by atoms with Crippen molar-refractivity contribution in [2.45, 2.75) is 32.6 Å². The van der Waals surface area contributed by atoms with Crippen molar-refractivity contribution >= 4 is 51.3 Å². The minimum absolute atomic E-state index is 0.137. The molecule has 3 amide bonds. The molecule has 0 atom stereocenters. The molecular weight excluding hydrogens is 518 g/mol. The van der Waals surface area contributed by atoms with Crippen LogP contribution in [-0.4, -0.2) is 41.1 Å². The van der Waals surface area contributed by atoms with Gasteiger partial charge in [-0.3, -0.25) is 9.78 Å². The number of methoxy groups -OCH3 is 1. The highest BCUT2D eigenvalue weighted by molar-refractivity contribution is 6.13. The lowest BCUT2D eigenvalue weighted by Crippen LogP contribution is -2.33. The van der Waals surface area contributed by atoms with Gasteiger partial charge in [-0.05, 0) is 47.0 Å². The van der Waals surface area contributed by atoms with Gasteiger partial charge >= 0.3 is 12.0 Å². The SMILES string of the molecule is COC(=O)c1c(NC(=O)Nc2ccc3ccccc3c2C2=CC(=O)N(c3ccncc3)CC2)cc(C(C)(C)C)n1C. The zero-order chi connectivity index (χ0) is 29.3. The van der Waals surface area contributed by atoms with Crippen molar-refractivity contribution in [1.29, 1.82) is 0 Å². The number of ether oxygens (including phenoxy) is 1. The number of anilines is 3. The average molecular weight is 552 g/mol. The van der Waals surface area contributed by atoms with Gasteiger partial charge in [-0.2, -0.15) is 0 Å². The maximum atomic E-state index is 13.4. The van der Waals surface area contributed by atoms with Crippen molar-refractivity contribution < 1.29 is 19.1 Å². The number of carbonyl (C=O) groups is 3. The molecule has 2 N–H and O–H groups in total. The molecule has 0 saturated heterocycles. The first-order valence-corrected chi connectivity index (χ1v) is 13.4. The Hall–Kier alpha value is -4.92. The third-order valence-corrected chi connectivity index (χ3v) is 7.27. The standard InChI is InChI=1S/C32H33N5O4/c1-32(2,3)26-19-25(29(36(26)4)30(39)41-5)35-31(40)34-24-11-10-20-8-6-7-9-23(20)28(24)21-14-17-37(27(38)18-21)22-12-15-33-16-13-22/h6-13,15-16,18-19H,14,17H2,1-5H3,(H2,34,35,40). The summed E-state index contributed by atoms with van der Waals surface area (Å²) in [6.45, 7) is 6.59. The van der Waals surface area contributed by atoms with E-state index in [1.165, 1.54) is 7.11 Å². The Morgan fingerprint density at radius 3 is 2.37 bits per heavy atom. The largest absolute Gasteiger partial charge is 0.464 e. The van der Waals surface area contributed by atoms with Gasteiger partial charge < -0.3 is 24.8 Å². The predicted octanol–water partition coefficient (Wildman–Crippen LogP) is 6.12. The lowest BCUT2D eigenvalue weighted by Gasteiger charge is -2.28. The molecule has 5 rings (SSSR count). The Balaban J connectivity index is 1.50. The lowest BCUT2D eigenvalue weighted by molar-refractivity contribution is -0.114. The number of aromatic nitrogens is 2. The average Bonchev–Trinajstić information content (AvgIpc) is 3.28. The van der Waals surface area contributed by atoms with Crippen LogP contribution in [0.5, 0.6) is 0 Å². The lowest BCUT2D eigenvalue weighted by atomic mass is 9.92. The Bertz CT molecular complexity index is 1680. The number of nitrogens with zero attached hydrogens (tertiary/aromatic N) is 3. The summed E-state index contributed by atoms with van der Waals surface area (Å²) in [6.07, 6.45) is 5.56. The van der Waals surface area contributed by atoms with Gasteiger partial charge in [0.2, 0.25) is 0 Å². The number of amides is 3. The van der Waals surface area contributed by atoms with Gasteiger partial charge in [-0.1, -0.05) is 51.1 Å². The van der Waals surface area contributed by atoms with E-state index in [0.717, 1.165) is 33.3 Å². The predicted molar refractivity (Wildman–Crippen MR) is 161 cm³/mol. The second-order valence-corrected chi connectivity index (χ2v) is 11.0. The molecule has 0 spiro atoms. The fourth-order valence-electron chi connectivity index (χ4n) is 5.38. The number of hydrogen-bond acceptors (Lipinski definition) is 5. The zero-order valence-electron chi connectivity index (χ0n) is 23.8. The molecule has 210 valence electrons. The van der Waals surface area contributed by atoms with Gasteiger partial charge in [0.1, 0.15) is 0 Å². The molecule has 1 aliphatic rings. The molecule has 4 aromatic rings. The van der Waals surface area contributed by atoms with E-state index in [0.29, 0.717) is 24.3 Å². The summed E-state index contributed by atoms with van der Waals surface area (Å²) in [5.41, 5.74) is 4.16. The topological polar surface area (TPSA) is 106 Å². The molecule has 0 unspecified atom stereocenters. The third kappa shape index (κ3) is 5.43. The van der Waals surface area contributed by atoms with E-state index >= 15 is 0 Å². The molecule has 9 nitrogen and oxygen atoms in total. The number of rotatable bonds is 5. The van der Waals surface area contributed by atoms with Crippen LogP contribution in [0.4, 0.5) is 21.9 Å². The first kappa shape index (κ1) is 27.6. The second-order valence-electron chi connectivity index (χ2n) is 11.0. The molecule has 1 aliphatic heterocycles. The summed E-state index contributed by atoms with van der Waals surface area (Å²) in [5, 5.41) is 7.74. The summed E-state index contributed by atoms with van der Waals surface area (Å²) >= 11 is 0. The van der Waals surface area contributed by atoms with Crippen molar-refractivity contribution in [2.24, 2.45) is 7.05 Å². The van der Waals surface area contributed by atoms with E-state index in [9.17, 15) is 14.4 Å². The smallest absolute Gasteiger partial charge is 0.356 e. The van der Waals surface area contributed by atoms with Gasteiger partial charge in [-0.15, -0.1) is 0 Å². The molecule has 0 radical (unpaired) electrons. The number of fused-ring (bicyclic) bond motifs is 1. The zero-order valence-corrected chi connectivity index (χ0v) is 23.8. The van der Waals surface area contributed by atoms with Crippen LogP contribution in [0.15, 0.2) is 73.1 Å². The van der Waals surface area contributed by atoms with Crippen LogP contribution in [0, 0.1) is 0 Å². The highest BCUT2D eigenvalue weighted by Gasteiger charge is 2.28. The molecular formula is C32H33N5O4. The van der Waals surface area contributed by atoms with Gasteiger partial charge in [0.15, 0.2) is 5.69 Å². The minimum atomic E-state index is -0.547. The molecule has 2 aromatic heterocycles. The van der Waals surface area contributed by atoms with E-state index in [2.05, 4.69) is 15.6 Å². The van der Waals surface area contributed by atoms with E-state index in [4.69, 9.17) is 4.74 Å². The van der Waals surface area contributed by atoms with Crippen molar-refractivity contribution in [1.82, 2.24) is 9.55 Å². The maximum Gasteiger partial charge on any atom is 0.356 e. The number of nitrogens with one attached hydrogen (secondary N) is 2. The maximum absolute atomic E-state index is 13.4. The second kappa shape index (κ2) is 10.9. The number of esters is 1. The summed E-state index contributed by atoms with van der Waals surface area (Å²) in [5.74, 6) is -0.683. The molecule has 0 fully saturated rings. The van der Waals surface area contributed by atoms with Crippen LogP contribution in [0.2, 0.25) is 0 Å². The van der Waals surface area contributed by atoms with Crippen LogP contribution >= 0.6 is 0 Å². The van der Waals surface area contributed by atoms with Crippen molar-refractivity contribution in [2.75, 3.05) is 29.2 Å². The number of carbonyl (C=O) groups excluding carboxylic acids is 3. The van der Waals surface area contributed by atoms with Gasteiger partial charge in [0.05, 0.1) is 18.5 Å². The van der Waals surface area contributed by atoms with Crippen LogP contribution in [0.25, 0.3) is 16.3 Å². The Morgan fingerprint density at radius 1 is 0.976 bits per heavy atom. The quantitative estimate of drug-likeness (QED) is 0.291. The number of urea groups is 1.